The molecular formula is C10H14Se. The molecule has 0 radical (unpaired) electrons. The molecule has 0 nitrogen and oxygen atoms in total. The molecule has 0 spiro atoms. The standard InChI is InChI=1S/C10H14Se/c1-6-5-7(2)9(4)10(11)8(6)3/h5,11H,1-4H3. The summed E-state index contributed by atoms with van der Waals surface area (Å²) in [5.74, 6) is 0. The maximum atomic E-state index is 2.66. The monoisotopic (exact) mass is 214 g/mol. The molecule has 1 heteroatoms. The van der Waals surface area contributed by atoms with Gasteiger partial charge in [0.05, 0.1) is 0 Å². The molecule has 0 aromatic heterocycles. The van der Waals surface area contributed by atoms with Gasteiger partial charge in [0, 0.05) is 0 Å². The van der Waals surface area contributed by atoms with Crippen LogP contribution in [0.2, 0.25) is 0 Å². The van der Waals surface area contributed by atoms with Gasteiger partial charge in [-0.05, 0) is 0 Å². The van der Waals surface area contributed by atoms with E-state index in [1.54, 1.807) is 0 Å². The summed E-state index contributed by atoms with van der Waals surface area (Å²) < 4.78 is 1.38. The van der Waals surface area contributed by atoms with E-state index in [2.05, 4.69) is 49.8 Å². The van der Waals surface area contributed by atoms with Crippen LogP contribution in [0.25, 0.3) is 0 Å². The molecule has 0 N–H and O–H groups in total. The summed E-state index contributed by atoms with van der Waals surface area (Å²) in [6.07, 6.45) is 0. The summed E-state index contributed by atoms with van der Waals surface area (Å²) in [5.41, 5.74) is 5.61. The van der Waals surface area contributed by atoms with E-state index < -0.39 is 0 Å². The molecule has 1 aromatic rings. The molecule has 0 aliphatic carbocycles. The van der Waals surface area contributed by atoms with E-state index in [1.807, 2.05) is 0 Å². The van der Waals surface area contributed by atoms with Crippen molar-refractivity contribution in [2.75, 3.05) is 0 Å². The van der Waals surface area contributed by atoms with E-state index in [1.165, 1.54) is 26.7 Å². The molecule has 0 aliphatic heterocycles. The predicted molar refractivity (Wildman–Crippen MR) is 52.2 cm³/mol. The van der Waals surface area contributed by atoms with Gasteiger partial charge in [-0.2, -0.15) is 0 Å². The van der Waals surface area contributed by atoms with Crippen molar-refractivity contribution < 1.29 is 0 Å². The van der Waals surface area contributed by atoms with Crippen LogP contribution in [-0.4, -0.2) is 16.0 Å². The second-order valence-corrected chi connectivity index (χ2v) is 4.05. The van der Waals surface area contributed by atoms with Gasteiger partial charge in [-0.1, -0.05) is 0 Å². The Balaban J connectivity index is 3.46. The molecule has 1 rings (SSSR count). The molecule has 0 aliphatic rings. The van der Waals surface area contributed by atoms with Crippen molar-refractivity contribution in [2.24, 2.45) is 0 Å². The fraction of sp³-hybridized carbons (Fsp3) is 0.400. The van der Waals surface area contributed by atoms with Crippen molar-refractivity contribution in [2.45, 2.75) is 27.7 Å². The Kier molecular flexibility index (Phi) is 2.41. The topological polar surface area (TPSA) is 0 Å². The first-order valence-electron chi connectivity index (χ1n) is 3.80. The Morgan fingerprint density at radius 2 is 1.27 bits per heavy atom. The first kappa shape index (κ1) is 8.83. The van der Waals surface area contributed by atoms with Gasteiger partial charge in [0.15, 0.2) is 0 Å². The Morgan fingerprint density at radius 3 is 1.64 bits per heavy atom. The molecule has 0 unspecified atom stereocenters. The normalized spacial score (nSPS) is 10.3. The van der Waals surface area contributed by atoms with E-state index >= 15 is 0 Å². The fourth-order valence-corrected chi connectivity index (χ4v) is 1.94. The van der Waals surface area contributed by atoms with E-state index in [4.69, 9.17) is 0 Å². The van der Waals surface area contributed by atoms with Gasteiger partial charge < -0.3 is 0 Å². The van der Waals surface area contributed by atoms with Gasteiger partial charge >= 0.3 is 76.5 Å². The minimum atomic E-state index is 1.38. The zero-order valence-electron chi connectivity index (χ0n) is 7.52. The summed E-state index contributed by atoms with van der Waals surface area (Å²) in [6, 6.07) is 2.25. The zero-order valence-corrected chi connectivity index (χ0v) is 9.40. The zero-order chi connectivity index (χ0) is 8.59. The summed E-state index contributed by atoms with van der Waals surface area (Å²) in [4.78, 5) is 0. The van der Waals surface area contributed by atoms with Crippen LogP contribution in [0.15, 0.2) is 6.07 Å². The van der Waals surface area contributed by atoms with Crippen LogP contribution in [-0.2, 0) is 0 Å². The molecule has 0 heterocycles. The SMILES string of the molecule is Cc1cc(C)c(C)c([SeH])c1C. The molecular weight excluding hydrogens is 199 g/mol. The van der Waals surface area contributed by atoms with Crippen molar-refractivity contribution in [1.29, 1.82) is 0 Å². The van der Waals surface area contributed by atoms with E-state index in [-0.39, 0.29) is 0 Å². The average molecular weight is 213 g/mol. The van der Waals surface area contributed by atoms with Crippen LogP contribution < -0.4 is 4.46 Å². The Bertz CT molecular complexity index is 261. The van der Waals surface area contributed by atoms with Crippen molar-refractivity contribution in [1.82, 2.24) is 0 Å². The fourth-order valence-electron chi connectivity index (χ4n) is 1.20. The first-order valence-corrected chi connectivity index (χ1v) is 4.74. The van der Waals surface area contributed by atoms with Gasteiger partial charge in [-0.3, -0.25) is 0 Å². The molecule has 0 atom stereocenters. The van der Waals surface area contributed by atoms with E-state index in [0.717, 1.165) is 0 Å². The number of benzene rings is 1. The third-order valence-electron chi connectivity index (χ3n) is 2.33. The molecule has 0 bridgehead atoms. The summed E-state index contributed by atoms with van der Waals surface area (Å²) >= 11 is 2.66. The van der Waals surface area contributed by atoms with Crippen LogP contribution in [0.3, 0.4) is 0 Å². The second-order valence-electron chi connectivity index (χ2n) is 3.11. The molecule has 11 heavy (non-hydrogen) atoms. The van der Waals surface area contributed by atoms with Crippen LogP contribution in [0.4, 0.5) is 0 Å². The van der Waals surface area contributed by atoms with Crippen molar-refractivity contribution in [3.8, 4) is 0 Å². The van der Waals surface area contributed by atoms with Crippen molar-refractivity contribution >= 4 is 20.5 Å². The van der Waals surface area contributed by atoms with E-state index in [0.29, 0.717) is 0 Å². The molecule has 0 saturated carbocycles. The van der Waals surface area contributed by atoms with Gasteiger partial charge in [0.2, 0.25) is 0 Å². The molecule has 1 aromatic carbocycles. The molecule has 0 fully saturated rings. The Morgan fingerprint density at radius 1 is 0.909 bits per heavy atom. The Hall–Kier alpha value is -0.261. The van der Waals surface area contributed by atoms with Crippen LogP contribution in [0.5, 0.6) is 0 Å². The summed E-state index contributed by atoms with van der Waals surface area (Å²) in [6.45, 7) is 8.68. The maximum absolute atomic E-state index is 2.66. The number of hydrogen-bond acceptors (Lipinski definition) is 0. The second kappa shape index (κ2) is 3.00. The van der Waals surface area contributed by atoms with Gasteiger partial charge in [-0.15, -0.1) is 0 Å². The number of hydrogen-bond donors (Lipinski definition) is 0. The third kappa shape index (κ3) is 1.50. The summed E-state index contributed by atoms with van der Waals surface area (Å²) in [5, 5.41) is 0. The average Bonchev–Trinajstić information content (AvgIpc) is 1.97. The minimum absolute atomic E-state index is 1.38. The summed E-state index contributed by atoms with van der Waals surface area (Å²) in [7, 11) is 0. The predicted octanol–water partition coefficient (Wildman–Crippen LogP) is 1.45. The van der Waals surface area contributed by atoms with Crippen LogP contribution in [0, 0.1) is 27.7 Å². The van der Waals surface area contributed by atoms with Gasteiger partial charge in [0.25, 0.3) is 0 Å². The Labute approximate surface area is 76.8 Å². The quantitative estimate of drug-likeness (QED) is 0.572. The van der Waals surface area contributed by atoms with E-state index in [9.17, 15) is 0 Å². The first-order chi connectivity index (χ1) is 5.04. The molecule has 0 saturated heterocycles. The number of rotatable bonds is 0. The van der Waals surface area contributed by atoms with Crippen molar-refractivity contribution in [3.05, 3.63) is 28.3 Å². The third-order valence-corrected chi connectivity index (χ3v) is 3.73. The molecule has 0 amide bonds. The van der Waals surface area contributed by atoms with Crippen molar-refractivity contribution in [3.63, 3.8) is 0 Å². The van der Waals surface area contributed by atoms with Crippen LogP contribution >= 0.6 is 0 Å². The van der Waals surface area contributed by atoms with Crippen LogP contribution in [0.1, 0.15) is 22.3 Å². The number of aryl methyl sites for hydroxylation is 2. The van der Waals surface area contributed by atoms with Gasteiger partial charge in [-0.25, -0.2) is 0 Å². The van der Waals surface area contributed by atoms with Gasteiger partial charge in [0.1, 0.15) is 0 Å². The molecule has 60 valence electrons.